The van der Waals surface area contributed by atoms with E-state index >= 15 is 0 Å². The number of aryl methyl sites for hydroxylation is 1. The van der Waals surface area contributed by atoms with Gasteiger partial charge in [0.25, 0.3) is 5.91 Å². The summed E-state index contributed by atoms with van der Waals surface area (Å²) in [6.45, 7) is 3.28. The summed E-state index contributed by atoms with van der Waals surface area (Å²) in [5.74, 6) is 1.07. The molecule has 0 aromatic heterocycles. The van der Waals surface area contributed by atoms with Crippen LogP contribution in [0.15, 0.2) is 48.5 Å². The average molecular weight is 397 g/mol. The van der Waals surface area contributed by atoms with Gasteiger partial charge in [0.15, 0.2) is 18.1 Å². The van der Waals surface area contributed by atoms with E-state index in [0.29, 0.717) is 37.9 Å². The van der Waals surface area contributed by atoms with Crippen molar-refractivity contribution in [1.29, 1.82) is 0 Å². The second-order valence-electron chi connectivity index (χ2n) is 6.36. The van der Waals surface area contributed by atoms with Gasteiger partial charge >= 0.3 is 5.97 Å². The molecule has 0 fully saturated rings. The van der Waals surface area contributed by atoms with Crippen LogP contribution in [-0.4, -0.2) is 44.8 Å². The van der Waals surface area contributed by atoms with Crippen molar-refractivity contribution in [2.45, 2.75) is 6.92 Å². The van der Waals surface area contributed by atoms with Gasteiger partial charge in [-0.2, -0.15) is 0 Å². The van der Waals surface area contributed by atoms with Gasteiger partial charge in [0, 0.05) is 6.08 Å². The first-order valence-electron chi connectivity index (χ1n) is 9.31. The zero-order valence-electron chi connectivity index (χ0n) is 16.2. The zero-order valence-corrected chi connectivity index (χ0v) is 16.2. The minimum Gasteiger partial charge on any atom is -0.492 e. The number of ether oxygens (including phenoxy) is 4. The number of carbonyl (C=O) groups excluding carboxylic acids is 2. The molecule has 1 aliphatic rings. The molecular weight excluding hydrogens is 374 g/mol. The number of rotatable bonds is 8. The molecule has 7 nitrogen and oxygen atoms in total. The van der Waals surface area contributed by atoms with Crippen LogP contribution in [0, 0.1) is 6.92 Å². The van der Waals surface area contributed by atoms with Crippen molar-refractivity contribution < 1.29 is 28.5 Å². The van der Waals surface area contributed by atoms with E-state index in [2.05, 4.69) is 5.32 Å². The van der Waals surface area contributed by atoms with Crippen molar-refractivity contribution in [2.24, 2.45) is 0 Å². The summed E-state index contributed by atoms with van der Waals surface area (Å²) in [6.07, 6.45) is 2.85. The minimum absolute atomic E-state index is 0.317. The van der Waals surface area contributed by atoms with E-state index in [4.69, 9.17) is 18.9 Å². The molecule has 0 atom stereocenters. The maximum atomic E-state index is 11.8. The molecule has 1 N–H and O–H groups in total. The maximum Gasteiger partial charge on any atom is 0.331 e. The molecule has 2 aromatic carbocycles. The van der Waals surface area contributed by atoms with Gasteiger partial charge in [-0.3, -0.25) is 4.79 Å². The molecule has 0 saturated heterocycles. The Kier molecular flexibility index (Phi) is 7.10. The van der Waals surface area contributed by atoms with Gasteiger partial charge in [0.05, 0.1) is 6.54 Å². The summed E-state index contributed by atoms with van der Waals surface area (Å²) in [6, 6.07) is 13.0. The van der Waals surface area contributed by atoms with Crippen LogP contribution in [0.1, 0.15) is 11.1 Å². The summed E-state index contributed by atoms with van der Waals surface area (Å²) in [5.41, 5.74) is 1.87. The van der Waals surface area contributed by atoms with Crippen LogP contribution in [0.4, 0.5) is 0 Å². The van der Waals surface area contributed by atoms with Gasteiger partial charge < -0.3 is 24.3 Å². The molecule has 1 aliphatic heterocycles. The lowest BCUT2D eigenvalue weighted by molar-refractivity contribution is -0.143. The number of amides is 1. The molecule has 3 rings (SSSR count). The maximum absolute atomic E-state index is 11.8. The van der Waals surface area contributed by atoms with Crippen LogP contribution in [0.5, 0.6) is 17.2 Å². The smallest absolute Gasteiger partial charge is 0.331 e. The number of nitrogens with one attached hydrogen (secondary N) is 1. The number of fused-ring (bicyclic) bond motifs is 1. The lowest BCUT2D eigenvalue weighted by atomic mass is 10.2. The van der Waals surface area contributed by atoms with Gasteiger partial charge in [0.2, 0.25) is 0 Å². The van der Waals surface area contributed by atoms with E-state index < -0.39 is 5.97 Å². The van der Waals surface area contributed by atoms with E-state index in [1.807, 2.05) is 31.2 Å². The molecule has 0 aliphatic carbocycles. The molecule has 2 aromatic rings. The number of hydrogen-bond donors (Lipinski definition) is 1. The van der Waals surface area contributed by atoms with E-state index in [-0.39, 0.29) is 12.5 Å². The Hall–Kier alpha value is -3.48. The highest BCUT2D eigenvalue weighted by Crippen LogP contribution is 2.31. The highest BCUT2D eigenvalue weighted by molar-refractivity contribution is 5.89. The molecular formula is C22H23NO6. The predicted molar refractivity (Wildman–Crippen MR) is 107 cm³/mol. The molecule has 0 bridgehead atoms. The molecule has 0 unspecified atom stereocenters. The lowest BCUT2D eigenvalue weighted by Gasteiger charge is -2.18. The Morgan fingerprint density at radius 1 is 1.10 bits per heavy atom. The largest absolute Gasteiger partial charge is 0.492 e. The van der Waals surface area contributed by atoms with Crippen LogP contribution in [0.2, 0.25) is 0 Å². The molecule has 1 heterocycles. The number of hydrogen-bond acceptors (Lipinski definition) is 6. The van der Waals surface area contributed by atoms with Crippen molar-refractivity contribution in [3.63, 3.8) is 0 Å². The summed E-state index contributed by atoms with van der Waals surface area (Å²) in [7, 11) is 0. The summed E-state index contributed by atoms with van der Waals surface area (Å²) < 4.78 is 21.4. The monoisotopic (exact) mass is 397 g/mol. The SMILES string of the molecule is Cc1cccc(OCCNC(=O)COC(=O)/C=C/c2ccc3c(c2)OCCO3)c1. The number of benzene rings is 2. The quantitative estimate of drug-likeness (QED) is 0.419. The number of carbonyl (C=O) groups is 2. The van der Waals surface area contributed by atoms with Gasteiger partial charge in [-0.15, -0.1) is 0 Å². The van der Waals surface area contributed by atoms with Gasteiger partial charge in [-0.05, 0) is 48.4 Å². The standard InChI is InChI=1S/C22H23NO6/c1-16-3-2-4-18(13-16)26-10-9-23-21(24)15-29-22(25)8-6-17-5-7-19-20(14-17)28-12-11-27-19/h2-8,13-14H,9-12,15H2,1H3,(H,23,24)/b8-6+. The molecule has 0 radical (unpaired) electrons. The van der Waals surface area contributed by atoms with Crippen LogP contribution < -0.4 is 19.5 Å². The Bertz CT molecular complexity index is 893. The minimum atomic E-state index is -0.606. The van der Waals surface area contributed by atoms with E-state index in [9.17, 15) is 9.59 Å². The third-order valence-electron chi connectivity index (χ3n) is 4.01. The van der Waals surface area contributed by atoms with Gasteiger partial charge in [-0.25, -0.2) is 4.79 Å². The Balaban J connectivity index is 1.34. The highest BCUT2D eigenvalue weighted by atomic mass is 16.6. The Morgan fingerprint density at radius 3 is 2.76 bits per heavy atom. The molecule has 29 heavy (non-hydrogen) atoms. The normalized spacial score (nSPS) is 12.4. The van der Waals surface area contributed by atoms with Crippen molar-refractivity contribution in [3.05, 3.63) is 59.7 Å². The Labute approximate surface area is 169 Å². The van der Waals surface area contributed by atoms with Crippen molar-refractivity contribution in [2.75, 3.05) is 33.0 Å². The van der Waals surface area contributed by atoms with E-state index in [1.54, 1.807) is 24.3 Å². The first-order valence-corrected chi connectivity index (χ1v) is 9.31. The zero-order chi connectivity index (χ0) is 20.5. The Morgan fingerprint density at radius 2 is 1.93 bits per heavy atom. The summed E-state index contributed by atoms with van der Waals surface area (Å²) >= 11 is 0. The predicted octanol–water partition coefficient (Wildman–Crippen LogP) is 2.52. The summed E-state index contributed by atoms with van der Waals surface area (Å²) in [5, 5.41) is 2.64. The van der Waals surface area contributed by atoms with Crippen LogP contribution in [-0.2, 0) is 14.3 Å². The van der Waals surface area contributed by atoms with E-state index in [1.165, 1.54) is 6.08 Å². The molecule has 1 amide bonds. The molecule has 0 saturated carbocycles. The van der Waals surface area contributed by atoms with Gasteiger partial charge in [0.1, 0.15) is 25.6 Å². The first kappa shape index (κ1) is 20.3. The fraction of sp³-hybridized carbons (Fsp3) is 0.273. The van der Waals surface area contributed by atoms with Crippen LogP contribution in [0.3, 0.4) is 0 Å². The highest BCUT2D eigenvalue weighted by Gasteiger charge is 2.11. The first-order chi connectivity index (χ1) is 14.1. The van der Waals surface area contributed by atoms with Crippen molar-refractivity contribution in [3.8, 4) is 17.2 Å². The second kappa shape index (κ2) is 10.2. The topological polar surface area (TPSA) is 83.1 Å². The average Bonchev–Trinajstić information content (AvgIpc) is 2.73. The third kappa shape index (κ3) is 6.57. The van der Waals surface area contributed by atoms with E-state index in [0.717, 1.165) is 16.9 Å². The van der Waals surface area contributed by atoms with Crippen LogP contribution in [0.25, 0.3) is 6.08 Å². The fourth-order valence-electron chi connectivity index (χ4n) is 2.63. The summed E-state index contributed by atoms with van der Waals surface area (Å²) in [4.78, 5) is 23.5. The van der Waals surface area contributed by atoms with Gasteiger partial charge in [-0.1, -0.05) is 18.2 Å². The molecule has 0 spiro atoms. The number of esters is 1. The fourth-order valence-corrected chi connectivity index (χ4v) is 2.63. The van der Waals surface area contributed by atoms with Crippen molar-refractivity contribution in [1.82, 2.24) is 5.32 Å². The molecule has 152 valence electrons. The molecule has 7 heteroatoms. The second-order valence-corrected chi connectivity index (χ2v) is 6.36. The van der Waals surface area contributed by atoms with Crippen LogP contribution >= 0.6 is 0 Å². The third-order valence-corrected chi connectivity index (χ3v) is 4.01. The van der Waals surface area contributed by atoms with Crippen molar-refractivity contribution >= 4 is 18.0 Å². The lowest BCUT2D eigenvalue weighted by Crippen LogP contribution is -2.31.